The van der Waals surface area contributed by atoms with E-state index >= 15 is 0 Å². The molecule has 3 rings (SSSR count). The maximum absolute atomic E-state index is 13.2. The normalized spacial score (nSPS) is 18.1. The number of anilines is 1. The third-order valence-corrected chi connectivity index (χ3v) is 6.06. The smallest absolute Gasteiger partial charge is 0.270 e. The predicted octanol–water partition coefficient (Wildman–Crippen LogP) is 0.726. The van der Waals surface area contributed by atoms with Crippen LogP contribution >= 0.6 is 0 Å². The molecule has 0 unspecified atom stereocenters. The van der Waals surface area contributed by atoms with E-state index in [2.05, 4.69) is 26.3 Å². The highest BCUT2D eigenvalue weighted by molar-refractivity contribution is 5.96. The van der Waals surface area contributed by atoms with Gasteiger partial charge in [-0.3, -0.25) is 24.2 Å². The lowest BCUT2D eigenvalue weighted by Crippen LogP contribution is -2.50. The van der Waals surface area contributed by atoms with Gasteiger partial charge < -0.3 is 30.9 Å². The van der Waals surface area contributed by atoms with Crippen molar-refractivity contribution in [1.29, 1.82) is 0 Å². The van der Waals surface area contributed by atoms with Gasteiger partial charge in [-0.05, 0) is 24.1 Å². The van der Waals surface area contributed by atoms with Crippen molar-refractivity contribution in [2.45, 2.75) is 31.7 Å². The molecule has 4 N–H and O–H groups in total. The average molecular weight is 525 g/mol. The van der Waals surface area contributed by atoms with Crippen LogP contribution in [0.1, 0.15) is 35.3 Å². The van der Waals surface area contributed by atoms with Crippen LogP contribution in [0.2, 0.25) is 0 Å². The molecule has 1 aromatic carbocycles. The molecule has 0 fully saturated rings. The summed E-state index contributed by atoms with van der Waals surface area (Å²) in [6, 6.07) is 11.9. The predicted molar refractivity (Wildman–Crippen MR) is 142 cm³/mol. The average Bonchev–Trinajstić information content (AvgIpc) is 2.93. The standard InChI is InChI=1S/C27H36N6O5/c1-38-17-10-25(35)33-15-5-8-24(34)30-13-12-28-21-9-11-29-22(19-21)27(37)32-23(26(36)31-14-16-33)18-20-6-3-2-4-7-20/h2-4,6-7,9,11,19,23,28H,5,8,10,12-18H2,1H3,(H,30,34)(H,31,36)(H,32,37)/t23-/m0/s1. The molecule has 2 bridgehead atoms. The fourth-order valence-corrected chi connectivity index (χ4v) is 4.03. The summed E-state index contributed by atoms with van der Waals surface area (Å²) in [6.45, 7) is 1.99. The number of amides is 4. The van der Waals surface area contributed by atoms with Crippen molar-refractivity contribution in [2.24, 2.45) is 0 Å². The van der Waals surface area contributed by atoms with E-state index in [-0.39, 0.29) is 56.0 Å². The molecule has 204 valence electrons. The van der Waals surface area contributed by atoms with Crippen molar-refractivity contribution in [3.05, 3.63) is 59.9 Å². The number of aromatic nitrogens is 1. The zero-order valence-corrected chi connectivity index (χ0v) is 21.7. The summed E-state index contributed by atoms with van der Waals surface area (Å²) in [4.78, 5) is 56.9. The number of nitrogens with zero attached hydrogens (tertiary/aromatic N) is 2. The van der Waals surface area contributed by atoms with Gasteiger partial charge in [0.15, 0.2) is 0 Å². The van der Waals surface area contributed by atoms with Crippen molar-refractivity contribution in [3.8, 4) is 0 Å². The summed E-state index contributed by atoms with van der Waals surface area (Å²) in [5, 5.41) is 11.7. The number of methoxy groups -OCH3 is 1. The Morgan fingerprint density at radius 1 is 1.03 bits per heavy atom. The fourth-order valence-electron chi connectivity index (χ4n) is 4.03. The van der Waals surface area contributed by atoms with Crippen LogP contribution in [0.4, 0.5) is 5.69 Å². The van der Waals surface area contributed by atoms with E-state index in [0.29, 0.717) is 38.2 Å². The summed E-state index contributed by atoms with van der Waals surface area (Å²) in [5.41, 5.74) is 1.73. The minimum absolute atomic E-state index is 0.110. The summed E-state index contributed by atoms with van der Waals surface area (Å²) in [6.07, 6.45) is 2.78. The number of carbonyl (C=O) groups excluding carboxylic acids is 4. The molecule has 0 radical (unpaired) electrons. The number of fused-ring (bicyclic) bond motifs is 2. The maximum atomic E-state index is 13.2. The Bertz CT molecular complexity index is 1080. The van der Waals surface area contributed by atoms with Gasteiger partial charge in [-0.1, -0.05) is 30.3 Å². The Hall–Kier alpha value is -3.99. The van der Waals surface area contributed by atoms with Crippen LogP contribution < -0.4 is 21.3 Å². The Morgan fingerprint density at radius 3 is 2.61 bits per heavy atom. The second-order valence-electron chi connectivity index (χ2n) is 8.94. The lowest BCUT2D eigenvalue weighted by molar-refractivity contribution is -0.133. The van der Waals surface area contributed by atoms with Gasteiger partial charge in [-0.2, -0.15) is 0 Å². The van der Waals surface area contributed by atoms with Gasteiger partial charge in [0.2, 0.25) is 17.7 Å². The first-order valence-corrected chi connectivity index (χ1v) is 12.8. The van der Waals surface area contributed by atoms with Crippen LogP contribution in [0.5, 0.6) is 0 Å². The van der Waals surface area contributed by atoms with Gasteiger partial charge in [-0.25, -0.2) is 0 Å². The SMILES string of the molecule is COCCC(=O)N1CCCC(=O)NCCNc2ccnc(c2)C(=O)N[C@@H](Cc2ccccc2)C(=O)NCC1. The molecule has 2 heterocycles. The van der Waals surface area contributed by atoms with E-state index in [0.717, 1.165) is 5.56 Å². The van der Waals surface area contributed by atoms with E-state index < -0.39 is 11.9 Å². The Morgan fingerprint density at radius 2 is 1.82 bits per heavy atom. The van der Waals surface area contributed by atoms with Gasteiger partial charge in [0, 0.05) is 64.6 Å². The molecule has 1 aliphatic rings. The molecule has 4 amide bonds. The third kappa shape index (κ3) is 9.47. The number of hydrogen-bond acceptors (Lipinski definition) is 7. The van der Waals surface area contributed by atoms with Crippen LogP contribution in [0, 0.1) is 0 Å². The molecular weight excluding hydrogens is 488 g/mol. The van der Waals surface area contributed by atoms with Crippen molar-refractivity contribution < 1.29 is 23.9 Å². The zero-order chi connectivity index (χ0) is 27.2. The van der Waals surface area contributed by atoms with E-state index in [1.54, 1.807) is 17.0 Å². The number of nitrogens with one attached hydrogen (secondary N) is 4. The van der Waals surface area contributed by atoms with E-state index in [4.69, 9.17) is 4.74 Å². The summed E-state index contributed by atoms with van der Waals surface area (Å²) in [7, 11) is 1.53. The lowest BCUT2D eigenvalue weighted by atomic mass is 10.0. The monoisotopic (exact) mass is 524 g/mol. The first-order valence-electron chi connectivity index (χ1n) is 12.8. The van der Waals surface area contributed by atoms with Crippen LogP contribution in [-0.2, 0) is 25.5 Å². The Balaban J connectivity index is 1.77. The number of ether oxygens (including phenoxy) is 1. The molecular formula is C27H36N6O5. The first kappa shape index (κ1) is 28.6. The van der Waals surface area contributed by atoms with Gasteiger partial charge in [0.1, 0.15) is 11.7 Å². The lowest BCUT2D eigenvalue weighted by Gasteiger charge is -2.24. The molecule has 0 saturated carbocycles. The molecule has 11 heteroatoms. The summed E-state index contributed by atoms with van der Waals surface area (Å²) >= 11 is 0. The quantitative estimate of drug-likeness (QED) is 0.452. The highest BCUT2D eigenvalue weighted by Gasteiger charge is 2.23. The zero-order valence-electron chi connectivity index (χ0n) is 21.7. The van der Waals surface area contributed by atoms with Crippen LogP contribution in [-0.4, -0.2) is 86.0 Å². The molecule has 11 nitrogen and oxygen atoms in total. The summed E-state index contributed by atoms with van der Waals surface area (Å²) in [5.74, 6) is -1.07. The number of rotatable bonds is 5. The molecule has 38 heavy (non-hydrogen) atoms. The van der Waals surface area contributed by atoms with Crippen molar-refractivity contribution in [3.63, 3.8) is 0 Å². The molecule has 1 atom stereocenters. The summed E-state index contributed by atoms with van der Waals surface area (Å²) < 4.78 is 5.03. The maximum Gasteiger partial charge on any atom is 0.270 e. The second-order valence-corrected chi connectivity index (χ2v) is 8.94. The van der Waals surface area contributed by atoms with Gasteiger partial charge in [0.25, 0.3) is 5.91 Å². The Kier molecular flexibility index (Phi) is 11.5. The van der Waals surface area contributed by atoms with E-state index in [9.17, 15) is 19.2 Å². The largest absolute Gasteiger partial charge is 0.384 e. The number of pyridine rings is 1. The molecule has 0 saturated heterocycles. The van der Waals surface area contributed by atoms with Gasteiger partial charge >= 0.3 is 0 Å². The number of carbonyl (C=O) groups is 4. The van der Waals surface area contributed by atoms with Gasteiger partial charge in [0.05, 0.1) is 13.0 Å². The molecule has 0 aliphatic carbocycles. The van der Waals surface area contributed by atoms with Crippen molar-refractivity contribution in [2.75, 3.05) is 51.8 Å². The van der Waals surface area contributed by atoms with Crippen molar-refractivity contribution >= 4 is 29.3 Å². The second kappa shape index (κ2) is 15.3. The van der Waals surface area contributed by atoms with Gasteiger partial charge in [-0.15, -0.1) is 0 Å². The molecule has 0 spiro atoms. The van der Waals surface area contributed by atoms with Crippen LogP contribution in [0.3, 0.4) is 0 Å². The van der Waals surface area contributed by atoms with Crippen LogP contribution in [0.15, 0.2) is 48.7 Å². The van der Waals surface area contributed by atoms with E-state index in [1.807, 2.05) is 30.3 Å². The van der Waals surface area contributed by atoms with Crippen molar-refractivity contribution in [1.82, 2.24) is 25.8 Å². The number of hydrogen-bond donors (Lipinski definition) is 4. The minimum atomic E-state index is -0.843. The van der Waals surface area contributed by atoms with Crippen LogP contribution in [0.25, 0.3) is 0 Å². The Labute approximate surface area is 222 Å². The topological polar surface area (TPSA) is 142 Å². The number of benzene rings is 1. The fraction of sp³-hybridized carbons (Fsp3) is 0.444. The highest BCUT2D eigenvalue weighted by atomic mass is 16.5. The molecule has 1 aromatic heterocycles. The minimum Gasteiger partial charge on any atom is -0.384 e. The first-order chi connectivity index (χ1) is 18.5. The van der Waals surface area contributed by atoms with E-state index in [1.165, 1.54) is 13.3 Å². The highest BCUT2D eigenvalue weighted by Crippen LogP contribution is 2.10. The molecule has 2 aromatic rings. The molecule has 1 aliphatic heterocycles. The third-order valence-electron chi connectivity index (χ3n) is 6.06.